The number of nitrogens with two attached hydrogens (primary N) is 1. The van der Waals surface area contributed by atoms with Crippen LogP contribution in [0.5, 0.6) is 0 Å². The molecule has 0 aliphatic heterocycles. The van der Waals surface area contributed by atoms with Crippen molar-refractivity contribution in [1.82, 2.24) is 5.32 Å². The predicted octanol–water partition coefficient (Wildman–Crippen LogP) is 3.08. The molecular weight excluding hydrogens is 224 g/mol. The molecular formula is C15H32N2O. The molecule has 0 aromatic rings. The SMILES string of the molecule is CCCCCC(C)(C)CNC(=O)[C@@H](N)C(C)CC. The van der Waals surface area contributed by atoms with Crippen molar-refractivity contribution in [2.45, 2.75) is 72.8 Å². The maximum absolute atomic E-state index is 11.9. The van der Waals surface area contributed by atoms with Gasteiger partial charge in [-0.15, -0.1) is 0 Å². The fraction of sp³-hybridized carbons (Fsp3) is 0.933. The van der Waals surface area contributed by atoms with E-state index in [0.29, 0.717) is 0 Å². The van der Waals surface area contributed by atoms with E-state index in [4.69, 9.17) is 5.73 Å². The van der Waals surface area contributed by atoms with E-state index in [1.54, 1.807) is 0 Å². The van der Waals surface area contributed by atoms with Gasteiger partial charge in [0.25, 0.3) is 0 Å². The van der Waals surface area contributed by atoms with Crippen LogP contribution in [0.1, 0.15) is 66.7 Å². The highest BCUT2D eigenvalue weighted by molar-refractivity contribution is 5.81. The van der Waals surface area contributed by atoms with Gasteiger partial charge in [-0.05, 0) is 17.8 Å². The minimum absolute atomic E-state index is 0.00656. The summed E-state index contributed by atoms with van der Waals surface area (Å²) in [4.78, 5) is 11.9. The Morgan fingerprint density at radius 1 is 1.28 bits per heavy atom. The first kappa shape index (κ1) is 17.4. The molecule has 0 rings (SSSR count). The van der Waals surface area contributed by atoms with Gasteiger partial charge in [-0.1, -0.05) is 60.3 Å². The predicted molar refractivity (Wildman–Crippen MR) is 78.4 cm³/mol. The molecule has 0 radical (unpaired) electrons. The molecule has 18 heavy (non-hydrogen) atoms. The number of amides is 1. The monoisotopic (exact) mass is 256 g/mol. The quantitative estimate of drug-likeness (QED) is 0.623. The van der Waals surface area contributed by atoms with Gasteiger partial charge in [0.15, 0.2) is 0 Å². The van der Waals surface area contributed by atoms with Crippen LogP contribution in [0.4, 0.5) is 0 Å². The highest BCUT2D eigenvalue weighted by Gasteiger charge is 2.23. The van der Waals surface area contributed by atoms with E-state index in [9.17, 15) is 4.79 Å². The zero-order chi connectivity index (χ0) is 14.2. The van der Waals surface area contributed by atoms with Crippen molar-refractivity contribution in [1.29, 1.82) is 0 Å². The van der Waals surface area contributed by atoms with Gasteiger partial charge in [0.05, 0.1) is 6.04 Å². The number of carbonyl (C=O) groups excluding carboxylic acids is 1. The van der Waals surface area contributed by atoms with Gasteiger partial charge >= 0.3 is 0 Å². The summed E-state index contributed by atoms with van der Waals surface area (Å²) in [7, 11) is 0. The third-order valence-electron chi connectivity index (χ3n) is 3.76. The van der Waals surface area contributed by atoms with Crippen LogP contribution in [0.2, 0.25) is 0 Å². The Morgan fingerprint density at radius 2 is 1.89 bits per heavy atom. The molecule has 0 fully saturated rings. The van der Waals surface area contributed by atoms with Crippen LogP contribution in [0.15, 0.2) is 0 Å². The number of unbranched alkanes of at least 4 members (excludes halogenated alkanes) is 2. The molecule has 3 nitrogen and oxygen atoms in total. The van der Waals surface area contributed by atoms with Gasteiger partial charge in [0, 0.05) is 6.54 Å². The molecule has 0 aromatic carbocycles. The Kier molecular flexibility index (Phi) is 8.25. The van der Waals surface area contributed by atoms with Gasteiger partial charge in [0.2, 0.25) is 5.91 Å². The van der Waals surface area contributed by atoms with Crippen molar-refractivity contribution in [3.8, 4) is 0 Å². The molecule has 0 aromatic heterocycles. The van der Waals surface area contributed by atoms with E-state index >= 15 is 0 Å². The molecule has 0 aliphatic rings. The Bertz CT molecular complexity index is 239. The maximum atomic E-state index is 11.9. The Hall–Kier alpha value is -0.570. The number of hydrogen-bond acceptors (Lipinski definition) is 2. The van der Waals surface area contributed by atoms with Gasteiger partial charge in [-0.3, -0.25) is 4.79 Å². The maximum Gasteiger partial charge on any atom is 0.237 e. The van der Waals surface area contributed by atoms with E-state index < -0.39 is 0 Å². The van der Waals surface area contributed by atoms with Crippen molar-refractivity contribution in [3.63, 3.8) is 0 Å². The van der Waals surface area contributed by atoms with Crippen LogP contribution in [0.3, 0.4) is 0 Å². The molecule has 108 valence electrons. The summed E-state index contributed by atoms with van der Waals surface area (Å²) >= 11 is 0. The second kappa shape index (κ2) is 8.52. The fourth-order valence-electron chi connectivity index (χ4n) is 1.90. The zero-order valence-electron chi connectivity index (χ0n) is 12.9. The Morgan fingerprint density at radius 3 is 2.39 bits per heavy atom. The number of hydrogen-bond donors (Lipinski definition) is 2. The van der Waals surface area contributed by atoms with E-state index in [1.165, 1.54) is 19.3 Å². The summed E-state index contributed by atoms with van der Waals surface area (Å²) in [5.41, 5.74) is 6.08. The number of rotatable bonds is 9. The van der Waals surface area contributed by atoms with Crippen LogP contribution < -0.4 is 11.1 Å². The molecule has 1 amide bonds. The number of carbonyl (C=O) groups is 1. The molecule has 0 bridgehead atoms. The lowest BCUT2D eigenvalue weighted by molar-refractivity contribution is -0.123. The topological polar surface area (TPSA) is 55.1 Å². The summed E-state index contributed by atoms with van der Waals surface area (Å²) in [6, 6.07) is -0.374. The first-order valence-corrected chi connectivity index (χ1v) is 7.37. The summed E-state index contributed by atoms with van der Waals surface area (Å²) in [5, 5.41) is 3.00. The molecule has 2 atom stereocenters. The molecule has 0 spiro atoms. The third-order valence-corrected chi connectivity index (χ3v) is 3.76. The van der Waals surface area contributed by atoms with E-state index in [0.717, 1.165) is 19.4 Å². The van der Waals surface area contributed by atoms with Crippen molar-refractivity contribution < 1.29 is 4.79 Å². The largest absolute Gasteiger partial charge is 0.354 e. The average Bonchev–Trinajstić information content (AvgIpc) is 2.34. The lowest BCUT2D eigenvalue weighted by atomic mass is 9.86. The van der Waals surface area contributed by atoms with Crippen molar-refractivity contribution >= 4 is 5.91 Å². The first-order valence-electron chi connectivity index (χ1n) is 7.37. The van der Waals surface area contributed by atoms with Crippen LogP contribution in [-0.2, 0) is 4.79 Å². The van der Waals surface area contributed by atoms with Gasteiger partial charge in [-0.2, -0.15) is 0 Å². The van der Waals surface area contributed by atoms with Gasteiger partial charge in [-0.25, -0.2) is 0 Å². The van der Waals surface area contributed by atoms with Crippen LogP contribution >= 0.6 is 0 Å². The molecule has 0 saturated carbocycles. The summed E-state index contributed by atoms with van der Waals surface area (Å²) in [5.74, 6) is 0.237. The molecule has 0 aliphatic carbocycles. The minimum Gasteiger partial charge on any atom is -0.354 e. The second-order valence-corrected chi connectivity index (χ2v) is 6.25. The van der Waals surface area contributed by atoms with Crippen LogP contribution in [0, 0.1) is 11.3 Å². The highest BCUT2D eigenvalue weighted by atomic mass is 16.2. The average molecular weight is 256 g/mol. The van der Waals surface area contributed by atoms with Crippen molar-refractivity contribution in [3.05, 3.63) is 0 Å². The number of nitrogens with one attached hydrogen (secondary N) is 1. The van der Waals surface area contributed by atoms with E-state index in [-0.39, 0.29) is 23.3 Å². The van der Waals surface area contributed by atoms with Crippen LogP contribution in [0.25, 0.3) is 0 Å². The lowest BCUT2D eigenvalue weighted by Gasteiger charge is -2.26. The van der Waals surface area contributed by atoms with E-state index in [1.807, 2.05) is 6.92 Å². The molecule has 3 heteroatoms. The minimum atomic E-state index is -0.374. The Balaban J connectivity index is 4.02. The van der Waals surface area contributed by atoms with Crippen molar-refractivity contribution in [2.75, 3.05) is 6.54 Å². The standard InChI is InChI=1S/C15H32N2O/c1-6-8-9-10-15(4,5)11-17-14(18)13(16)12(3)7-2/h12-13H,6-11,16H2,1-5H3,(H,17,18)/t12?,13-/m0/s1. The zero-order valence-corrected chi connectivity index (χ0v) is 12.9. The molecule has 1 unspecified atom stereocenters. The smallest absolute Gasteiger partial charge is 0.237 e. The first-order chi connectivity index (χ1) is 8.34. The van der Waals surface area contributed by atoms with E-state index in [2.05, 4.69) is 33.0 Å². The third kappa shape index (κ3) is 7.00. The fourth-order valence-corrected chi connectivity index (χ4v) is 1.90. The highest BCUT2D eigenvalue weighted by Crippen LogP contribution is 2.22. The summed E-state index contributed by atoms with van der Waals surface area (Å²) in [6.45, 7) is 11.4. The Labute approximate surface area is 113 Å². The second-order valence-electron chi connectivity index (χ2n) is 6.25. The van der Waals surface area contributed by atoms with Gasteiger partial charge < -0.3 is 11.1 Å². The lowest BCUT2D eigenvalue weighted by Crippen LogP contribution is -2.47. The normalized spacial score (nSPS) is 15.2. The molecule has 0 heterocycles. The van der Waals surface area contributed by atoms with Crippen LogP contribution in [-0.4, -0.2) is 18.5 Å². The molecule has 3 N–H and O–H groups in total. The summed E-state index contributed by atoms with van der Waals surface area (Å²) in [6.07, 6.45) is 5.83. The summed E-state index contributed by atoms with van der Waals surface area (Å²) < 4.78 is 0. The molecule has 0 saturated heterocycles. The van der Waals surface area contributed by atoms with Gasteiger partial charge in [0.1, 0.15) is 0 Å². The van der Waals surface area contributed by atoms with Crippen molar-refractivity contribution in [2.24, 2.45) is 17.1 Å².